The van der Waals surface area contributed by atoms with Gasteiger partial charge in [-0.1, -0.05) is 60.4 Å². The largest absolute Gasteiger partial charge is 0.466 e. The Hall–Kier alpha value is -2.79. The van der Waals surface area contributed by atoms with Gasteiger partial charge in [-0.25, -0.2) is 4.79 Å². The summed E-state index contributed by atoms with van der Waals surface area (Å²) in [4.78, 5) is 11.4. The molecule has 20 heavy (non-hydrogen) atoms. The van der Waals surface area contributed by atoms with E-state index < -0.39 is 5.97 Å². The van der Waals surface area contributed by atoms with E-state index in [4.69, 9.17) is 0 Å². The smallest absolute Gasteiger partial charge is 0.331 e. The van der Waals surface area contributed by atoms with Gasteiger partial charge in [-0.15, -0.1) is 0 Å². The fourth-order valence-electron chi connectivity index (χ4n) is 1.65. The van der Waals surface area contributed by atoms with Crippen LogP contribution in [0.3, 0.4) is 0 Å². The van der Waals surface area contributed by atoms with Gasteiger partial charge < -0.3 is 4.74 Å². The molecule has 0 atom stereocenters. The molecule has 98 valence electrons. The van der Waals surface area contributed by atoms with Crippen LogP contribution in [0.25, 0.3) is 5.57 Å². The third-order valence-corrected chi connectivity index (χ3v) is 2.66. The molecule has 0 aliphatic rings. The highest BCUT2D eigenvalue weighted by atomic mass is 16.5. The molecule has 0 aliphatic heterocycles. The minimum atomic E-state index is -0.411. The van der Waals surface area contributed by atoms with Crippen molar-refractivity contribution in [1.82, 2.24) is 0 Å². The van der Waals surface area contributed by atoms with E-state index in [1.807, 2.05) is 60.7 Å². The Kier molecular flexibility index (Phi) is 4.75. The molecule has 0 unspecified atom stereocenters. The maximum absolute atomic E-state index is 11.4. The topological polar surface area (TPSA) is 26.3 Å². The average Bonchev–Trinajstić information content (AvgIpc) is 2.53. The molecule has 0 aromatic heterocycles. The Morgan fingerprint density at radius 3 is 2.20 bits per heavy atom. The van der Waals surface area contributed by atoms with Crippen LogP contribution in [0.1, 0.15) is 11.1 Å². The summed E-state index contributed by atoms with van der Waals surface area (Å²) in [6.07, 6.45) is 1.41. The highest BCUT2D eigenvalue weighted by Gasteiger charge is 2.01. The van der Waals surface area contributed by atoms with Crippen molar-refractivity contribution in [3.05, 3.63) is 77.9 Å². The number of esters is 1. The van der Waals surface area contributed by atoms with E-state index in [0.717, 1.165) is 11.1 Å². The molecular weight excluding hydrogens is 248 g/mol. The van der Waals surface area contributed by atoms with Gasteiger partial charge in [0.05, 0.1) is 7.11 Å². The van der Waals surface area contributed by atoms with Crippen LogP contribution >= 0.6 is 0 Å². The maximum atomic E-state index is 11.4. The molecule has 2 heteroatoms. The van der Waals surface area contributed by atoms with Crippen molar-refractivity contribution in [2.75, 3.05) is 7.11 Å². The monoisotopic (exact) mass is 262 g/mol. The van der Waals surface area contributed by atoms with Crippen LogP contribution in [0, 0.1) is 11.8 Å². The van der Waals surface area contributed by atoms with Crippen molar-refractivity contribution in [2.24, 2.45) is 0 Å². The first-order chi connectivity index (χ1) is 9.79. The zero-order valence-electron chi connectivity index (χ0n) is 11.2. The van der Waals surface area contributed by atoms with E-state index in [1.54, 1.807) is 0 Å². The number of allylic oxidation sites excluding steroid dienone is 1. The normalized spacial score (nSPS) is 10.3. The lowest BCUT2D eigenvalue weighted by molar-refractivity contribution is -0.134. The molecule has 0 amide bonds. The van der Waals surface area contributed by atoms with Gasteiger partial charge in [-0.05, 0) is 17.7 Å². The van der Waals surface area contributed by atoms with Crippen LogP contribution in [-0.2, 0) is 9.53 Å². The summed E-state index contributed by atoms with van der Waals surface area (Å²) < 4.78 is 4.67. The van der Waals surface area contributed by atoms with E-state index >= 15 is 0 Å². The number of carbonyl (C=O) groups is 1. The van der Waals surface area contributed by atoms with Crippen LogP contribution in [0.2, 0.25) is 0 Å². The minimum absolute atomic E-state index is 0.411. The van der Waals surface area contributed by atoms with Crippen molar-refractivity contribution in [3.8, 4) is 11.8 Å². The quantitative estimate of drug-likeness (QED) is 0.471. The fourth-order valence-corrected chi connectivity index (χ4v) is 1.65. The number of benzene rings is 2. The predicted molar refractivity (Wildman–Crippen MR) is 79.8 cm³/mol. The molecule has 0 spiro atoms. The first-order valence-electron chi connectivity index (χ1n) is 6.22. The van der Waals surface area contributed by atoms with Crippen molar-refractivity contribution >= 4 is 11.5 Å². The number of rotatable bonds is 2. The minimum Gasteiger partial charge on any atom is -0.466 e. The number of carbonyl (C=O) groups excluding carboxylic acids is 1. The molecular formula is C18H14O2. The van der Waals surface area contributed by atoms with Gasteiger partial charge >= 0.3 is 5.97 Å². The van der Waals surface area contributed by atoms with Gasteiger partial charge in [0.1, 0.15) is 0 Å². The van der Waals surface area contributed by atoms with Gasteiger partial charge in [0, 0.05) is 17.2 Å². The second-order valence-corrected chi connectivity index (χ2v) is 4.06. The van der Waals surface area contributed by atoms with Gasteiger partial charge in [0.15, 0.2) is 0 Å². The fraction of sp³-hybridized carbons (Fsp3) is 0.0556. The summed E-state index contributed by atoms with van der Waals surface area (Å²) in [5.74, 6) is 5.66. The van der Waals surface area contributed by atoms with E-state index in [-0.39, 0.29) is 0 Å². The lowest BCUT2D eigenvalue weighted by Crippen LogP contribution is -1.96. The second-order valence-electron chi connectivity index (χ2n) is 4.06. The van der Waals surface area contributed by atoms with Crippen molar-refractivity contribution in [3.63, 3.8) is 0 Å². The first-order valence-corrected chi connectivity index (χ1v) is 6.22. The molecule has 0 aliphatic carbocycles. The standard InChI is InChI=1S/C18H14O2/c1-20-18(19)14-17(16-10-6-3-7-11-16)13-12-15-8-4-2-5-9-15/h2-11,14H,1H3/b17-14-. The molecule has 0 bridgehead atoms. The Labute approximate surface area is 118 Å². The highest BCUT2D eigenvalue weighted by molar-refractivity contribution is 5.96. The van der Waals surface area contributed by atoms with Crippen molar-refractivity contribution < 1.29 is 9.53 Å². The molecule has 2 aromatic rings. The zero-order chi connectivity index (χ0) is 14.2. The second kappa shape index (κ2) is 6.96. The van der Waals surface area contributed by atoms with E-state index in [9.17, 15) is 4.79 Å². The summed E-state index contributed by atoms with van der Waals surface area (Å²) in [6, 6.07) is 19.2. The molecule has 2 aromatic carbocycles. The van der Waals surface area contributed by atoms with E-state index in [0.29, 0.717) is 5.57 Å². The summed E-state index contributed by atoms with van der Waals surface area (Å²) in [5, 5.41) is 0. The van der Waals surface area contributed by atoms with Crippen LogP contribution in [-0.4, -0.2) is 13.1 Å². The van der Waals surface area contributed by atoms with Crippen LogP contribution < -0.4 is 0 Å². The van der Waals surface area contributed by atoms with Crippen LogP contribution in [0.15, 0.2) is 66.7 Å². The molecule has 0 radical (unpaired) electrons. The number of ether oxygens (including phenoxy) is 1. The van der Waals surface area contributed by atoms with Crippen LogP contribution in [0.5, 0.6) is 0 Å². The third kappa shape index (κ3) is 3.86. The van der Waals surface area contributed by atoms with Gasteiger partial charge in [0.2, 0.25) is 0 Å². The summed E-state index contributed by atoms with van der Waals surface area (Å²) in [5.41, 5.74) is 2.43. The highest BCUT2D eigenvalue weighted by Crippen LogP contribution is 2.13. The van der Waals surface area contributed by atoms with Gasteiger partial charge in [0.25, 0.3) is 0 Å². The molecule has 2 rings (SSSR count). The van der Waals surface area contributed by atoms with E-state index in [1.165, 1.54) is 13.2 Å². The lowest BCUT2D eigenvalue weighted by Gasteiger charge is -1.99. The number of hydrogen-bond donors (Lipinski definition) is 0. The molecule has 2 nitrogen and oxygen atoms in total. The molecule has 0 heterocycles. The zero-order valence-corrected chi connectivity index (χ0v) is 11.2. The summed E-state index contributed by atoms with van der Waals surface area (Å²) in [7, 11) is 1.35. The third-order valence-electron chi connectivity index (χ3n) is 2.66. The maximum Gasteiger partial charge on any atom is 0.331 e. The SMILES string of the molecule is COC(=O)/C=C(/C#Cc1ccccc1)c1ccccc1. The van der Waals surface area contributed by atoms with Crippen molar-refractivity contribution in [1.29, 1.82) is 0 Å². The Morgan fingerprint density at radius 1 is 1.00 bits per heavy atom. The Morgan fingerprint density at radius 2 is 1.60 bits per heavy atom. The average molecular weight is 262 g/mol. The summed E-state index contributed by atoms with van der Waals surface area (Å²) >= 11 is 0. The Bertz CT molecular complexity index is 659. The van der Waals surface area contributed by atoms with E-state index in [2.05, 4.69) is 16.6 Å². The lowest BCUT2D eigenvalue weighted by atomic mass is 10.1. The molecule has 0 saturated carbocycles. The Balaban J connectivity index is 2.37. The summed E-state index contributed by atoms with van der Waals surface area (Å²) in [6.45, 7) is 0. The van der Waals surface area contributed by atoms with Crippen LogP contribution in [0.4, 0.5) is 0 Å². The molecule has 0 saturated heterocycles. The number of methoxy groups -OCH3 is 1. The number of hydrogen-bond acceptors (Lipinski definition) is 2. The van der Waals surface area contributed by atoms with Gasteiger partial charge in [-0.3, -0.25) is 0 Å². The molecule has 0 fully saturated rings. The first kappa shape index (κ1) is 13.6. The molecule has 0 N–H and O–H groups in total. The van der Waals surface area contributed by atoms with Crippen molar-refractivity contribution in [2.45, 2.75) is 0 Å². The van der Waals surface area contributed by atoms with Gasteiger partial charge in [-0.2, -0.15) is 0 Å². The predicted octanol–water partition coefficient (Wildman–Crippen LogP) is 3.29.